The first-order valence-corrected chi connectivity index (χ1v) is 10.0. The number of hydrogen-bond donors (Lipinski definition) is 0. The minimum atomic E-state index is -0.298. The minimum absolute atomic E-state index is 0.298. The van der Waals surface area contributed by atoms with E-state index in [1.165, 1.54) is 0 Å². The second kappa shape index (κ2) is 7.64. The van der Waals surface area contributed by atoms with Gasteiger partial charge in [-0.05, 0) is 58.2 Å². The molecule has 1 aromatic heterocycles. The number of carbonyl (C=O) groups is 1. The van der Waals surface area contributed by atoms with Crippen molar-refractivity contribution in [2.75, 3.05) is 6.61 Å². The molecule has 0 aliphatic carbocycles. The molecular formula is C24H20BrNO2. The highest BCUT2D eigenvalue weighted by Gasteiger charge is 2.22. The van der Waals surface area contributed by atoms with Gasteiger partial charge in [-0.1, -0.05) is 60.7 Å². The van der Waals surface area contributed by atoms with E-state index in [9.17, 15) is 4.79 Å². The summed E-state index contributed by atoms with van der Waals surface area (Å²) in [5.41, 5.74) is 4.43. The molecule has 28 heavy (non-hydrogen) atoms. The van der Waals surface area contributed by atoms with Gasteiger partial charge in [-0.15, -0.1) is 0 Å². The Morgan fingerprint density at radius 1 is 1.00 bits per heavy atom. The molecule has 140 valence electrons. The molecule has 0 spiro atoms. The summed E-state index contributed by atoms with van der Waals surface area (Å²) in [6.45, 7) is 4.13. The van der Waals surface area contributed by atoms with E-state index in [2.05, 4.69) is 56.9 Å². The van der Waals surface area contributed by atoms with Gasteiger partial charge in [-0.2, -0.15) is 0 Å². The highest BCUT2D eigenvalue weighted by Crippen LogP contribution is 2.36. The number of halogens is 1. The van der Waals surface area contributed by atoms with Crippen molar-refractivity contribution in [1.29, 1.82) is 0 Å². The van der Waals surface area contributed by atoms with Crippen LogP contribution in [-0.4, -0.2) is 17.1 Å². The second-order valence-corrected chi connectivity index (χ2v) is 7.36. The van der Waals surface area contributed by atoms with Gasteiger partial charge in [0.25, 0.3) is 0 Å². The Morgan fingerprint density at radius 2 is 1.71 bits per heavy atom. The zero-order chi connectivity index (χ0) is 19.7. The molecule has 4 rings (SSSR count). The second-order valence-electron chi connectivity index (χ2n) is 6.57. The summed E-state index contributed by atoms with van der Waals surface area (Å²) in [4.78, 5) is 12.5. The molecule has 0 amide bonds. The van der Waals surface area contributed by atoms with Gasteiger partial charge in [0, 0.05) is 10.2 Å². The molecule has 0 N–H and O–H groups in total. The maximum Gasteiger partial charge on any atom is 0.339 e. The number of carbonyl (C=O) groups excluding carboxylic acids is 1. The van der Waals surface area contributed by atoms with E-state index in [0.717, 1.165) is 37.9 Å². The topological polar surface area (TPSA) is 31.2 Å². The molecule has 0 aliphatic rings. The Balaban J connectivity index is 2.00. The van der Waals surface area contributed by atoms with Crippen molar-refractivity contribution >= 4 is 32.7 Å². The summed E-state index contributed by atoms with van der Waals surface area (Å²) >= 11 is 3.80. The molecule has 0 bridgehead atoms. The van der Waals surface area contributed by atoms with Crippen LogP contribution >= 0.6 is 15.9 Å². The third-order valence-corrected chi connectivity index (χ3v) is 5.73. The van der Waals surface area contributed by atoms with Crippen molar-refractivity contribution in [3.63, 3.8) is 0 Å². The van der Waals surface area contributed by atoms with Crippen molar-refractivity contribution in [1.82, 2.24) is 4.57 Å². The third kappa shape index (κ3) is 3.14. The predicted molar refractivity (Wildman–Crippen MR) is 117 cm³/mol. The molecule has 0 saturated heterocycles. The van der Waals surface area contributed by atoms with E-state index in [1.54, 1.807) is 0 Å². The summed E-state index contributed by atoms with van der Waals surface area (Å²) in [6, 6.07) is 24.4. The number of ether oxygens (including phenoxy) is 1. The van der Waals surface area contributed by atoms with Gasteiger partial charge in [0.2, 0.25) is 0 Å². The van der Waals surface area contributed by atoms with Crippen molar-refractivity contribution in [2.45, 2.75) is 13.8 Å². The highest BCUT2D eigenvalue weighted by atomic mass is 79.9. The summed E-state index contributed by atoms with van der Waals surface area (Å²) in [7, 11) is 0. The van der Waals surface area contributed by atoms with Crippen molar-refractivity contribution in [2.24, 2.45) is 0 Å². The van der Waals surface area contributed by atoms with Crippen LogP contribution in [0.25, 0.3) is 27.7 Å². The SMILES string of the molecule is CCOC(=O)c1cc(-c2ccccc2)n(-c2ccc3ccccc3c2Br)c1C. The van der Waals surface area contributed by atoms with Gasteiger partial charge in [-0.3, -0.25) is 0 Å². The molecule has 3 aromatic carbocycles. The van der Waals surface area contributed by atoms with Gasteiger partial charge in [-0.25, -0.2) is 4.79 Å². The van der Waals surface area contributed by atoms with E-state index >= 15 is 0 Å². The van der Waals surface area contributed by atoms with Crippen LogP contribution in [0.4, 0.5) is 0 Å². The van der Waals surface area contributed by atoms with Crippen molar-refractivity contribution in [3.05, 3.63) is 88.5 Å². The lowest BCUT2D eigenvalue weighted by atomic mass is 10.1. The van der Waals surface area contributed by atoms with Crippen LogP contribution in [0.1, 0.15) is 23.0 Å². The van der Waals surface area contributed by atoms with Crippen LogP contribution in [0.2, 0.25) is 0 Å². The fourth-order valence-electron chi connectivity index (χ4n) is 3.55. The maximum absolute atomic E-state index is 12.5. The third-order valence-electron chi connectivity index (χ3n) is 4.90. The molecule has 3 nitrogen and oxygen atoms in total. The quantitative estimate of drug-likeness (QED) is 0.341. The lowest BCUT2D eigenvalue weighted by Gasteiger charge is -2.16. The number of fused-ring (bicyclic) bond motifs is 1. The molecule has 4 heteroatoms. The lowest BCUT2D eigenvalue weighted by Crippen LogP contribution is -2.07. The monoisotopic (exact) mass is 433 g/mol. The van der Waals surface area contributed by atoms with Gasteiger partial charge in [0.1, 0.15) is 0 Å². The molecule has 0 fully saturated rings. The Hall–Kier alpha value is -2.85. The van der Waals surface area contributed by atoms with Crippen LogP contribution < -0.4 is 0 Å². The van der Waals surface area contributed by atoms with E-state index in [4.69, 9.17) is 4.74 Å². The van der Waals surface area contributed by atoms with E-state index in [0.29, 0.717) is 12.2 Å². The summed E-state index contributed by atoms with van der Waals surface area (Å²) in [5.74, 6) is -0.298. The van der Waals surface area contributed by atoms with E-state index < -0.39 is 0 Å². The lowest BCUT2D eigenvalue weighted by molar-refractivity contribution is 0.0525. The van der Waals surface area contributed by atoms with Crippen LogP contribution in [0, 0.1) is 6.92 Å². The highest BCUT2D eigenvalue weighted by molar-refractivity contribution is 9.10. The van der Waals surface area contributed by atoms with Gasteiger partial charge in [0.05, 0.1) is 23.6 Å². The van der Waals surface area contributed by atoms with E-state index in [1.807, 2.05) is 50.2 Å². The minimum Gasteiger partial charge on any atom is -0.462 e. The van der Waals surface area contributed by atoms with Gasteiger partial charge < -0.3 is 9.30 Å². The first kappa shape index (κ1) is 18.5. The number of esters is 1. The summed E-state index contributed by atoms with van der Waals surface area (Å²) < 4.78 is 8.41. The molecule has 0 unspecified atom stereocenters. The summed E-state index contributed by atoms with van der Waals surface area (Å²) in [6.07, 6.45) is 0. The predicted octanol–water partition coefficient (Wildman–Crippen LogP) is 6.55. The smallest absolute Gasteiger partial charge is 0.339 e. The van der Waals surface area contributed by atoms with Crippen LogP contribution in [0.5, 0.6) is 0 Å². The van der Waals surface area contributed by atoms with Crippen molar-refractivity contribution < 1.29 is 9.53 Å². The molecule has 4 aromatic rings. The van der Waals surface area contributed by atoms with Crippen LogP contribution in [0.15, 0.2) is 77.3 Å². The zero-order valence-electron chi connectivity index (χ0n) is 15.8. The largest absolute Gasteiger partial charge is 0.462 e. The standard InChI is InChI=1S/C24H20BrNO2/c1-3-28-24(27)20-15-22(18-10-5-4-6-11-18)26(16(20)2)21-14-13-17-9-7-8-12-19(17)23(21)25/h4-15H,3H2,1-2H3. The molecule has 1 heterocycles. The molecule has 0 aliphatic heterocycles. The fraction of sp³-hybridized carbons (Fsp3) is 0.125. The average Bonchev–Trinajstić information content (AvgIpc) is 3.06. The number of nitrogens with zero attached hydrogens (tertiary/aromatic N) is 1. The normalized spacial score (nSPS) is 11.0. The zero-order valence-corrected chi connectivity index (χ0v) is 17.4. The van der Waals surface area contributed by atoms with Gasteiger partial charge in [0.15, 0.2) is 0 Å². The average molecular weight is 434 g/mol. The Kier molecular flexibility index (Phi) is 5.05. The number of aromatic nitrogens is 1. The first-order valence-electron chi connectivity index (χ1n) is 9.24. The molecular weight excluding hydrogens is 414 g/mol. The van der Waals surface area contributed by atoms with Crippen LogP contribution in [-0.2, 0) is 4.74 Å². The molecule has 0 saturated carbocycles. The van der Waals surface area contributed by atoms with Gasteiger partial charge >= 0.3 is 5.97 Å². The molecule has 0 radical (unpaired) electrons. The van der Waals surface area contributed by atoms with Crippen LogP contribution in [0.3, 0.4) is 0 Å². The Labute approximate surface area is 172 Å². The number of rotatable bonds is 4. The maximum atomic E-state index is 12.5. The Bertz CT molecular complexity index is 1160. The fourth-order valence-corrected chi connectivity index (χ4v) is 4.22. The number of benzene rings is 3. The Morgan fingerprint density at radius 3 is 2.46 bits per heavy atom. The first-order chi connectivity index (χ1) is 13.6. The van der Waals surface area contributed by atoms with Crippen molar-refractivity contribution in [3.8, 4) is 16.9 Å². The number of hydrogen-bond acceptors (Lipinski definition) is 2. The summed E-state index contributed by atoms with van der Waals surface area (Å²) in [5, 5.41) is 2.29. The molecule has 0 atom stereocenters. The van der Waals surface area contributed by atoms with E-state index in [-0.39, 0.29) is 5.97 Å².